The summed E-state index contributed by atoms with van der Waals surface area (Å²) in [6, 6.07) is 6.02. The third kappa shape index (κ3) is 2.32. The summed E-state index contributed by atoms with van der Waals surface area (Å²) in [5.74, 6) is 0. The van der Waals surface area contributed by atoms with E-state index in [1.165, 1.54) is 23.0 Å². The molecule has 0 aliphatic rings. The third-order valence-electron chi connectivity index (χ3n) is 3.29. The lowest BCUT2D eigenvalue weighted by Gasteiger charge is -2.05. The molecule has 9 nitrogen and oxygen atoms in total. The second-order valence-electron chi connectivity index (χ2n) is 4.68. The summed E-state index contributed by atoms with van der Waals surface area (Å²) in [6.07, 6.45) is 1.43. The number of benzene rings is 1. The van der Waals surface area contributed by atoms with Crippen molar-refractivity contribution in [1.29, 1.82) is 0 Å². The molecule has 0 spiro atoms. The van der Waals surface area contributed by atoms with Crippen LogP contribution in [0.15, 0.2) is 35.4 Å². The Kier molecular flexibility index (Phi) is 3.37. The van der Waals surface area contributed by atoms with E-state index in [4.69, 9.17) is 0 Å². The van der Waals surface area contributed by atoms with E-state index in [2.05, 4.69) is 15.3 Å². The van der Waals surface area contributed by atoms with Gasteiger partial charge in [0.1, 0.15) is 6.33 Å². The fourth-order valence-electron chi connectivity index (χ4n) is 2.13. The molecular formula is C13H12N6O3. The Morgan fingerprint density at radius 2 is 2.00 bits per heavy atom. The van der Waals surface area contributed by atoms with Crippen LogP contribution in [0.4, 0.5) is 5.69 Å². The van der Waals surface area contributed by atoms with Gasteiger partial charge >= 0.3 is 0 Å². The fraction of sp³-hybridized carbons (Fsp3) is 0.231. The van der Waals surface area contributed by atoms with E-state index in [1.807, 2.05) is 6.92 Å². The highest BCUT2D eigenvalue weighted by atomic mass is 16.6. The van der Waals surface area contributed by atoms with E-state index in [0.717, 1.165) is 5.56 Å². The van der Waals surface area contributed by atoms with Crippen LogP contribution in [0.3, 0.4) is 0 Å². The summed E-state index contributed by atoms with van der Waals surface area (Å²) >= 11 is 0. The molecule has 112 valence electrons. The number of hydrogen-bond acceptors (Lipinski definition) is 6. The van der Waals surface area contributed by atoms with E-state index in [-0.39, 0.29) is 23.3 Å². The molecule has 0 bridgehead atoms. The first-order valence-corrected chi connectivity index (χ1v) is 6.62. The van der Waals surface area contributed by atoms with Crippen molar-refractivity contribution in [2.24, 2.45) is 0 Å². The van der Waals surface area contributed by atoms with Gasteiger partial charge in [-0.2, -0.15) is 0 Å². The van der Waals surface area contributed by atoms with E-state index in [0.29, 0.717) is 12.2 Å². The van der Waals surface area contributed by atoms with E-state index >= 15 is 0 Å². The second-order valence-corrected chi connectivity index (χ2v) is 4.68. The van der Waals surface area contributed by atoms with E-state index in [1.54, 1.807) is 16.8 Å². The third-order valence-corrected chi connectivity index (χ3v) is 3.29. The molecule has 1 aromatic carbocycles. The van der Waals surface area contributed by atoms with Crippen molar-refractivity contribution >= 4 is 16.9 Å². The number of fused-ring (bicyclic) bond motifs is 1. The molecule has 0 radical (unpaired) electrons. The number of hydrogen-bond donors (Lipinski definition) is 0. The van der Waals surface area contributed by atoms with Crippen LogP contribution in [-0.4, -0.2) is 29.5 Å². The summed E-state index contributed by atoms with van der Waals surface area (Å²) in [7, 11) is 0. The number of nitrogens with zero attached hydrogens (tertiary/aromatic N) is 6. The fourth-order valence-corrected chi connectivity index (χ4v) is 2.13. The number of non-ortho nitro benzene ring substituents is 1. The smallest absolute Gasteiger partial charge is 0.283 e. The van der Waals surface area contributed by atoms with Crippen molar-refractivity contribution in [1.82, 2.24) is 24.5 Å². The molecule has 9 heteroatoms. The van der Waals surface area contributed by atoms with Gasteiger partial charge in [0, 0.05) is 18.7 Å². The minimum Gasteiger partial charge on any atom is -0.293 e. The van der Waals surface area contributed by atoms with Crippen LogP contribution in [-0.2, 0) is 13.1 Å². The molecule has 0 aliphatic heterocycles. The maximum Gasteiger partial charge on any atom is 0.283 e. The molecule has 3 aromatic rings. The Labute approximate surface area is 124 Å². The molecule has 0 saturated carbocycles. The molecule has 0 aliphatic carbocycles. The summed E-state index contributed by atoms with van der Waals surface area (Å²) in [4.78, 5) is 26.7. The van der Waals surface area contributed by atoms with Crippen LogP contribution in [0, 0.1) is 10.1 Å². The molecule has 0 unspecified atom stereocenters. The lowest BCUT2D eigenvalue weighted by molar-refractivity contribution is -0.384. The number of nitro benzene ring substituents is 1. The Hall–Kier alpha value is -3.10. The Bertz CT molecular complexity index is 896. The lowest BCUT2D eigenvalue weighted by atomic mass is 10.2. The molecule has 2 heterocycles. The van der Waals surface area contributed by atoms with Gasteiger partial charge in [-0.1, -0.05) is 17.3 Å². The number of rotatable bonds is 4. The molecule has 2 aromatic heterocycles. The van der Waals surface area contributed by atoms with Crippen LogP contribution in [0.1, 0.15) is 12.5 Å². The van der Waals surface area contributed by atoms with Crippen molar-refractivity contribution < 1.29 is 4.92 Å². The van der Waals surface area contributed by atoms with Crippen LogP contribution in [0.5, 0.6) is 0 Å². The van der Waals surface area contributed by atoms with Gasteiger partial charge in [-0.25, -0.2) is 9.67 Å². The highest BCUT2D eigenvalue weighted by Gasteiger charge is 2.11. The number of nitro groups is 1. The summed E-state index contributed by atoms with van der Waals surface area (Å²) in [5, 5.41) is 18.4. The number of aryl methyl sites for hydroxylation is 1. The average Bonchev–Trinajstić information content (AvgIpc) is 2.94. The Morgan fingerprint density at radius 3 is 2.64 bits per heavy atom. The zero-order chi connectivity index (χ0) is 15.7. The first-order chi connectivity index (χ1) is 10.6. The van der Waals surface area contributed by atoms with Gasteiger partial charge in [0.15, 0.2) is 11.2 Å². The van der Waals surface area contributed by atoms with Crippen molar-refractivity contribution in [2.45, 2.75) is 20.0 Å². The topological polar surface area (TPSA) is 109 Å². The largest absolute Gasteiger partial charge is 0.293 e. The quantitative estimate of drug-likeness (QED) is 0.524. The molecule has 22 heavy (non-hydrogen) atoms. The Balaban J connectivity index is 1.95. The normalized spacial score (nSPS) is 11.0. The van der Waals surface area contributed by atoms with E-state index < -0.39 is 4.92 Å². The van der Waals surface area contributed by atoms with Gasteiger partial charge in [-0.3, -0.25) is 19.5 Å². The summed E-state index contributed by atoms with van der Waals surface area (Å²) in [5.41, 5.74) is 1.15. The molecule has 0 atom stereocenters. The van der Waals surface area contributed by atoms with Crippen LogP contribution in [0.2, 0.25) is 0 Å². The maximum absolute atomic E-state index is 12.3. The standard InChI is InChI=1S/C13H12N6O3/c1-2-18-12-11(15-16-18)13(20)17(8-14-12)7-9-3-5-10(6-4-9)19(21)22/h3-6,8H,2,7H2,1H3. The molecule has 0 fully saturated rings. The minimum absolute atomic E-state index is 0.00978. The van der Waals surface area contributed by atoms with Crippen molar-refractivity contribution in [3.8, 4) is 0 Å². The van der Waals surface area contributed by atoms with Crippen LogP contribution >= 0.6 is 0 Å². The zero-order valence-corrected chi connectivity index (χ0v) is 11.7. The van der Waals surface area contributed by atoms with Crippen molar-refractivity contribution in [3.63, 3.8) is 0 Å². The first-order valence-electron chi connectivity index (χ1n) is 6.62. The summed E-state index contributed by atoms with van der Waals surface area (Å²) < 4.78 is 2.95. The lowest BCUT2D eigenvalue weighted by Crippen LogP contribution is -2.21. The number of aromatic nitrogens is 5. The second kappa shape index (κ2) is 5.35. The predicted octanol–water partition coefficient (Wildman–Crippen LogP) is 0.964. The average molecular weight is 300 g/mol. The maximum atomic E-state index is 12.3. The molecule has 0 N–H and O–H groups in total. The van der Waals surface area contributed by atoms with E-state index in [9.17, 15) is 14.9 Å². The molecule has 0 amide bonds. The SMILES string of the molecule is CCn1nnc2c(=O)n(Cc3ccc([N+](=O)[O-])cc3)cnc21. The van der Waals surface area contributed by atoms with Gasteiger partial charge in [0.05, 0.1) is 11.5 Å². The van der Waals surface area contributed by atoms with Crippen LogP contribution < -0.4 is 5.56 Å². The van der Waals surface area contributed by atoms with Crippen LogP contribution in [0.25, 0.3) is 11.2 Å². The Morgan fingerprint density at radius 1 is 1.27 bits per heavy atom. The van der Waals surface area contributed by atoms with Gasteiger partial charge < -0.3 is 0 Å². The van der Waals surface area contributed by atoms with Gasteiger partial charge in [0.2, 0.25) is 0 Å². The monoisotopic (exact) mass is 300 g/mol. The summed E-state index contributed by atoms with van der Waals surface area (Å²) in [6.45, 7) is 2.73. The highest BCUT2D eigenvalue weighted by molar-refractivity contribution is 5.67. The van der Waals surface area contributed by atoms with Crippen molar-refractivity contribution in [3.05, 3.63) is 56.6 Å². The zero-order valence-electron chi connectivity index (χ0n) is 11.7. The molecule has 3 rings (SSSR count). The highest BCUT2D eigenvalue weighted by Crippen LogP contribution is 2.12. The molecular weight excluding hydrogens is 288 g/mol. The predicted molar refractivity (Wildman–Crippen MR) is 77.5 cm³/mol. The van der Waals surface area contributed by atoms with Gasteiger partial charge in [0.25, 0.3) is 11.2 Å². The van der Waals surface area contributed by atoms with Crippen molar-refractivity contribution in [2.75, 3.05) is 0 Å². The van der Waals surface area contributed by atoms with Gasteiger partial charge in [-0.05, 0) is 12.5 Å². The molecule has 0 saturated heterocycles. The first kappa shape index (κ1) is 13.9. The van der Waals surface area contributed by atoms with Gasteiger partial charge in [-0.15, -0.1) is 5.10 Å². The minimum atomic E-state index is -0.466.